The molecule has 0 spiro atoms. The summed E-state index contributed by atoms with van der Waals surface area (Å²) in [6.07, 6.45) is 0.0955. The van der Waals surface area contributed by atoms with Crippen LogP contribution in [0.3, 0.4) is 0 Å². The number of ether oxygens (including phenoxy) is 1. The Morgan fingerprint density at radius 1 is 1.30 bits per heavy atom. The fourth-order valence-electron chi connectivity index (χ4n) is 2.07. The summed E-state index contributed by atoms with van der Waals surface area (Å²) < 4.78 is 5.75. The number of hydrogen-bond donors (Lipinski definition) is 2. The minimum absolute atomic E-state index is 0.0955. The maximum absolute atomic E-state index is 12.1. The Morgan fingerprint density at radius 3 is 2.70 bits per heavy atom. The zero-order valence-electron chi connectivity index (χ0n) is 13.9. The Kier molecular flexibility index (Phi) is 5.98. The van der Waals surface area contributed by atoms with E-state index in [0.717, 1.165) is 22.0 Å². The van der Waals surface area contributed by atoms with Crippen LogP contribution in [0, 0.1) is 6.92 Å². The molecule has 23 heavy (non-hydrogen) atoms. The summed E-state index contributed by atoms with van der Waals surface area (Å²) >= 11 is 1.55. The summed E-state index contributed by atoms with van der Waals surface area (Å²) in [5, 5.41) is 8.64. The number of para-hydroxylation sites is 1. The van der Waals surface area contributed by atoms with Gasteiger partial charge in [-0.3, -0.25) is 0 Å². The molecule has 1 aromatic carbocycles. The second kappa shape index (κ2) is 7.97. The molecule has 0 aliphatic heterocycles. The van der Waals surface area contributed by atoms with E-state index in [0.29, 0.717) is 6.54 Å². The molecular formula is C17H23N3O2S. The number of aromatic nitrogens is 1. The molecule has 1 unspecified atom stereocenters. The number of hydrogen-bond acceptors (Lipinski definition) is 4. The molecule has 0 saturated carbocycles. The van der Waals surface area contributed by atoms with Gasteiger partial charge in [0.25, 0.3) is 0 Å². The number of amides is 2. The first-order valence-corrected chi connectivity index (χ1v) is 8.54. The fourth-order valence-corrected chi connectivity index (χ4v) is 2.88. The predicted octanol–water partition coefficient (Wildman–Crippen LogP) is 3.80. The third-order valence-electron chi connectivity index (χ3n) is 3.13. The summed E-state index contributed by atoms with van der Waals surface area (Å²) in [5.41, 5.74) is 1.92. The third-order valence-corrected chi connectivity index (χ3v) is 4.27. The number of carbonyl (C=O) groups excluding carboxylic acids is 1. The maximum Gasteiger partial charge on any atom is 0.315 e. The molecule has 0 bridgehead atoms. The van der Waals surface area contributed by atoms with Crippen LogP contribution in [0.1, 0.15) is 43.1 Å². The van der Waals surface area contributed by atoms with Crippen molar-refractivity contribution in [1.82, 2.24) is 15.6 Å². The van der Waals surface area contributed by atoms with Crippen molar-refractivity contribution in [2.24, 2.45) is 0 Å². The minimum Gasteiger partial charge on any atom is -0.491 e. The quantitative estimate of drug-likeness (QED) is 0.845. The van der Waals surface area contributed by atoms with Gasteiger partial charge in [-0.25, -0.2) is 9.78 Å². The van der Waals surface area contributed by atoms with Gasteiger partial charge in [-0.05, 0) is 33.8 Å². The summed E-state index contributed by atoms with van der Waals surface area (Å²) in [7, 11) is 0. The molecule has 1 heterocycles. The van der Waals surface area contributed by atoms with Crippen LogP contribution in [0.4, 0.5) is 4.79 Å². The van der Waals surface area contributed by atoms with Crippen LogP contribution >= 0.6 is 11.3 Å². The van der Waals surface area contributed by atoms with Crippen LogP contribution in [-0.2, 0) is 6.54 Å². The number of carbonyl (C=O) groups is 1. The standard InChI is InChI=1S/C17H23N3O2S/c1-11(2)22-15-8-6-5-7-14(15)9-18-17(21)20-13(4)16-19-12(3)10-23-16/h5-8,10-11,13H,9H2,1-4H3,(H2,18,20,21). The lowest BCUT2D eigenvalue weighted by atomic mass is 10.2. The van der Waals surface area contributed by atoms with Crippen LogP contribution in [0.2, 0.25) is 0 Å². The summed E-state index contributed by atoms with van der Waals surface area (Å²) in [6, 6.07) is 7.39. The van der Waals surface area contributed by atoms with Gasteiger partial charge in [0.2, 0.25) is 0 Å². The molecule has 0 aliphatic carbocycles. The highest BCUT2D eigenvalue weighted by Gasteiger charge is 2.13. The Hall–Kier alpha value is -2.08. The molecular weight excluding hydrogens is 310 g/mol. The molecule has 1 aromatic heterocycles. The lowest BCUT2D eigenvalue weighted by Crippen LogP contribution is -2.36. The Balaban J connectivity index is 1.89. The van der Waals surface area contributed by atoms with E-state index >= 15 is 0 Å². The highest BCUT2D eigenvalue weighted by Crippen LogP contribution is 2.19. The van der Waals surface area contributed by atoms with E-state index in [1.165, 1.54) is 0 Å². The van der Waals surface area contributed by atoms with E-state index in [-0.39, 0.29) is 18.2 Å². The number of nitrogens with zero attached hydrogens (tertiary/aromatic N) is 1. The molecule has 2 N–H and O–H groups in total. The number of urea groups is 1. The summed E-state index contributed by atoms with van der Waals surface area (Å²) in [5.74, 6) is 0.798. The maximum atomic E-state index is 12.1. The van der Waals surface area contributed by atoms with E-state index in [4.69, 9.17) is 4.74 Å². The van der Waals surface area contributed by atoms with Gasteiger partial charge in [0.15, 0.2) is 0 Å². The Bertz CT molecular complexity index is 655. The second-order valence-electron chi connectivity index (χ2n) is 5.65. The van der Waals surface area contributed by atoms with Gasteiger partial charge in [-0.2, -0.15) is 0 Å². The molecule has 124 valence electrons. The minimum atomic E-state index is -0.218. The first-order chi connectivity index (χ1) is 11.0. The van der Waals surface area contributed by atoms with Gasteiger partial charge in [-0.15, -0.1) is 11.3 Å². The monoisotopic (exact) mass is 333 g/mol. The average Bonchev–Trinajstić information content (AvgIpc) is 2.92. The van der Waals surface area contributed by atoms with Crippen LogP contribution in [-0.4, -0.2) is 17.1 Å². The molecule has 5 nitrogen and oxygen atoms in total. The van der Waals surface area contributed by atoms with Crippen molar-refractivity contribution < 1.29 is 9.53 Å². The van der Waals surface area contributed by atoms with Crippen LogP contribution in [0.25, 0.3) is 0 Å². The van der Waals surface area contributed by atoms with Gasteiger partial charge in [0.05, 0.1) is 12.1 Å². The third kappa shape index (κ3) is 5.25. The van der Waals surface area contributed by atoms with Crippen molar-refractivity contribution in [2.75, 3.05) is 0 Å². The zero-order chi connectivity index (χ0) is 16.8. The molecule has 2 amide bonds. The normalized spacial score (nSPS) is 12.0. The first kappa shape index (κ1) is 17.3. The van der Waals surface area contributed by atoms with Gasteiger partial charge >= 0.3 is 6.03 Å². The van der Waals surface area contributed by atoms with Gasteiger partial charge in [0, 0.05) is 23.2 Å². The first-order valence-electron chi connectivity index (χ1n) is 7.66. The Labute approximate surface area is 141 Å². The molecule has 0 saturated heterocycles. The van der Waals surface area contributed by atoms with E-state index < -0.39 is 0 Å². The SMILES string of the molecule is Cc1csc(C(C)NC(=O)NCc2ccccc2OC(C)C)n1. The van der Waals surface area contributed by atoms with E-state index in [9.17, 15) is 4.79 Å². The highest BCUT2D eigenvalue weighted by molar-refractivity contribution is 7.09. The lowest BCUT2D eigenvalue weighted by Gasteiger charge is -2.16. The van der Waals surface area contributed by atoms with Gasteiger partial charge < -0.3 is 15.4 Å². The number of rotatable bonds is 6. The molecule has 0 aliphatic rings. The van der Waals surface area contributed by atoms with E-state index in [1.807, 2.05) is 57.3 Å². The van der Waals surface area contributed by atoms with Crippen LogP contribution in [0.5, 0.6) is 5.75 Å². The van der Waals surface area contributed by atoms with Crippen molar-refractivity contribution >= 4 is 17.4 Å². The van der Waals surface area contributed by atoms with Gasteiger partial charge in [-0.1, -0.05) is 18.2 Å². The second-order valence-corrected chi connectivity index (χ2v) is 6.54. The summed E-state index contributed by atoms with van der Waals surface area (Å²) in [4.78, 5) is 16.4. The Morgan fingerprint density at radius 2 is 2.04 bits per heavy atom. The molecule has 0 fully saturated rings. The van der Waals surface area contributed by atoms with Crippen molar-refractivity contribution in [3.8, 4) is 5.75 Å². The topological polar surface area (TPSA) is 63.2 Å². The molecule has 6 heteroatoms. The molecule has 0 radical (unpaired) electrons. The largest absolute Gasteiger partial charge is 0.491 e. The molecule has 1 atom stereocenters. The predicted molar refractivity (Wildman–Crippen MR) is 92.8 cm³/mol. The van der Waals surface area contributed by atoms with Gasteiger partial charge in [0.1, 0.15) is 10.8 Å². The summed E-state index contributed by atoms with van der Waals surface area (Å²) in [6.45, 7) is 8.24. The number of aryl methyl sites for hydroxylation is 1. The van der Waals surface area contributed by atoms with Crippen molar-refractivity contribution in [1.29, 1.82) is 0 Å². The van der Waals surface area contributed by atoms with E-state index in [1.54, 1.807) is 11.3 Å². The zero-order valence-corrected chi connectivity index (χ0v) is 14.7. The number of nitrogens with one attached hydrogen (secondary N) is 2. The van der Waals surface area contributed by atoms with Crippen molar-refractivity contribution in [3.63, 3.8) is 0 Å². The molecule has 2 rings (SSSR count). The van der Waals surface area contributed by atoms with E-state index in [2.05, 4.69) is 15.6 Å². The van der Waals surface area contributed by atoms with Crippen molar-refractivity contribution in [2.45, 2.75) is 46.4 Å². The van der Waals surface area contributed by atoms with Crippen LogP contribution < -0.4 is 15.4 Å². The lowest BCUT2D eigenvalue weighted by molar-refractivity contribution is 0.234. The average molecular weight is 333 g/mol. The highest BCUT2D eigenvalue weighted by atomic mass is 32.1. The van der Waals surface area contributed by atoms with Crippen molar-refractivity contribution in [3.05, 3.63) is 45.9 Å². The smallest absolute Gasteiger partial charge is 0.315 e. The van der Waals surface area contributed by atoms with Crippen LogP contribution in [0.15, 0.2) is 29.6 Å². The number of benzene rings is 1. The number of thiazole rings is 1. The fraction of sp³-hybridized carbons (Fsp3) is 0.412. The molecule has 2 aromatic rings.